The molecule has 0 spiro atoms. The van der Waals surface area contributed by atoms with Crippen LogP contribution in [0, 0.1) is 0 Å². The summed E-state index contributed by atoms with van der Waals surface area (Å²) in [5, 5.41) is 0. The van der Waals surface area contributed by atoms with Crippen molar-refractivity contribution in [3.05, 3.63) is 30.3 Å². The number of para-hydroxylation sites is 1. The zero-order valence-corrected chi connectivity index (χ0v) is 11.4. The smallest absolute Gasteiger partial charge is 0.269 e. The molecule has 0 heterocycles. The molecular formula is C12H18O5S. The number of hydrogen-bond acceptors (Lipinski definition) is 5. The summed E-state index contributed by atoms with van der Waals surface area (Å²) in [4.78, 5) is 0. The van der Waals surface area contributed by atoms with Gasteiger partial charge in [0.15, 0.2) is 0 Å². The fourth-order valence-corrected chi connectivity index (χ4v) is 1.68. The third-order valence-corrected chi connectivity index (χ3v) is 3.39. The molecule has 0 amide bonds. The fourth-order valence-electron chi connectivity index (χ4n) is 1.21. The highest BCUT2D eigenvalue weighted by molar-refractivity contribution is 7.86. The number of hydrogen-bond donors (Lipinski definition) is 0. The van der Waals surface area contributed by atoms with E-state index in [9.17, 15) is 8.42 Å². The average molecular weight is 274 g/mol. The van der Waals surface area contributed by atoms with Crippen LogP contribution in [-0.4, -0.2) is 40.6 Å². The molecule has 1 rings (SSSR count). The second-order valence-electron chi connectivity index (χ2n) is 3.73. The van der Waals surface area contributed by atoms with Gasteiger partial charge in [-0.05, 0) is 19.1 Å². The van der Waals surface area contributed by atoms with Crippen LogP contribution in [0.1, 0.15) is 6.92 Å². The molecule has 0 fully saturated rings. The maximum absolute atomic E-state index is 11.0. The molecule has 0 aromatic heterocycles. The van der Waals surface area contributed by atoms with Crippen molar-refractivity contribution in [3.63, 3.8) is 0 Å². The first-order valence-electron chi connectivity index (χ1n) is 5.61. The summed E-state index contributed by atoms with van der Waals surface area (Å²) in [6, 6.07) is 9.37. The molecule has 0 saturated heterocycles. The van der Waals surface area contributed by atoms with Gasteiger partial charge in [0.1, 0.15) is 12.4 Å². The minimum atomic E-state index is -3.45. The molecule has 1 unspecified atom stereocenters. The lowest BCUT2D eigenvalue weighted by Gasteiger charge is -2.14. The van der Waals surface area contributed by atoms with E-state index in [1.165, 1.54) is 0 Å². The van der Waals surface area contributed by atoms with Gasteiger partial charge in [-0.1, -0.05) is 18.2 Å². The van der Waals surface area contributed by atoms with Gasteiger partial charge in [0.05, 0.1) is 25.6 Å². The Hall–Kier alpha value is -1.11. The molecule has 0 aliphatic rings. The lowest BCUT2D eigenvalue weighted by molar-refractivity contribution is 0.0406. The van der Waals surface area contributed by atoms with E-state index in [1.807, 2.05) is 37.3 Å². The standard InChI is InChI=1S/C12H18O5S/c1-11(16-8-9-18(13,14)15-2)10-17-12-6-4-3-5-7-12/h3-7,11H,8-10H2,1-2H3. The first-order valence-corrected chi connectivity index (χ1v) is 7.19. The zero-order chi connectivity index (χ0) is 13.4. The zero-order valence-electron chi connectivity index (χ0n) is 10.5. The molecule has 1 atom stereocenters. The Kier molecular flexibility index (Phi) is 6.11. The first-order chi connectivity index (χ1) is 8.53. The molecule has 18 heavy (non-hydrogen) atoms. The fraction of sp³-hybridized carbons (Fsp3) is 0.500. The normalized spacial score (nSPS) is 13.2. The van der Waals surface area contributed by atoms with E-state index >= 15 is 0 Å². The topological polar surface area (TPSA) is 61.8 Å². The van der Waals surface area contributed by atoms with Gasteiger partial charge < -0.3 is 9.47 Å². The number of ether oxygens (including phenoxy) is 2. The van der Waals surface area contributed by atoms with Crippen LogP contribution in [0.5, 0.6) is 5.75 Å². The van der Waals surface area contributed by atoms with E-state index in [4.69, 9.17) is 9.47 Å². The molecule has 0 aliphatic carbocycles. The van der Waals surface area contributed by atoms with Gasteiger partial charge in [0.25, 0.3) is 10.1 Å². The number of rotatable bonds is 8. The van der Waals surface area contributed by atoms with Gasteiger partial charge in [-0.25, -0.2) is 0 Å². The SMILES string of the molecule is COS(=O)(=O)CCOC(C)COc1ccccc1. The van der Waals surface area contributed by atoms with Crippen molar-refractivity contribution in [3.8, 4) is 5.75 Å². The number of benzene rings is 1. The maximum atomic E-state index is 11.0. The van der Waals surface area contributed by atoms with E-state index in [1.54, 1.807) is 0 Å². The summed E-state index contributed by atoms with van der Waals surface area (Å²) in [5.74, 6) is 0.608. The summed E-state index contributed by atoms with van der Waals surface area (Å²) in [6.07, 6.45) is -0.183. The van der Waals surface area contributed by atoms with Gasteiger partial charge in [0, 0.05) is 0 Å². The van der Waals surface area contributed by atoms with Crippen molar-refractivity contribution >= 4 is 10.1 Å². The molecule has 0 saturated carbocycles. The van der Waals surface area contributed by atoms with E-state index < -0.39 is 10.1 Å². The summed E-state index contributed by atoms with van der Waals surface area (Å²) < 4.78 is 37.2. The Bertz CT molecular complexity index is 429. The van der Waals surface area contributed by atoms with Gasteiger partial charge in [0.2, 0.25) is 0 Å². The summed E-state index contributed by atoms with van der Waals surface area (Å²) in [6.45, 7) is 2.29. The second kappa shape index (κ2) is 7.35. The molecule has 0 N–H and O–H groups in total. The van der Waals surface area contributed by atoms with Gasteiger partial charge in [-0.2, -0.15) is 8.42 Å². The van der Waals surface area contributed by atoms with Gasteiger partial charge in [-0.15, -0.1) is 0 Å². The van der Waals surface area contributed by atoms with Crippen molar-refractivity contribution in [2.75, 3.05) is 26.1 Å². The van der Waals surface area contributed by atoms with Crippen molar-refractivity contribution in [1.29, 1.82) is 0 Å². The van der Waals surface area contributed by atoms with Crippen LogP contribution in [0.4, 0.5) is 0 Å². The van der Waals surface area contributed by atoms with E-state index in [2.05, 4.69) is 4.18 Å². The molecular weight excluding hydrogens is 256 g/mol. The molecule has 0 bridgehead atoms. The van der Waals surface area contributed by atoms with Crippen molar-refractivity contribution < 1.29 is 22.1 Å². The Labute approximate surface area is 108 Å². The van der Waals surface area contributed by atoms with Crippen molar-refractivity contribution in [1.82, 2.24) is 0 Å². The minimum Gasteiger partial charge on any atom is -0.491 e. The molecule has 102 valence electrons. The third-order valence-electron chi connectivity index (χ3n) is 2.22. The predicted molar refractivity (Wildman–Crippen MR) is 68.1 cm³/mol. The van der Waals surface area contributed by atoms with Gasteiger partial charge >= 0.3 is 0 Å². The molecule has 1 aromatic carbocycles. The quantitative estimate of drug-likeness (QED) is 0.671. The molecule has 1 aromatic rings. The van der Waals surface area contributed by atoms with Crippen LogP contribution in [0.25, 0.3) is 0 Å². The van der Waals surface area contributed by atoms with Crippen LogP contribution >= 0.6 is 0 Å². The lowest BCUT2D eigenvalue weighted by Crippen LogP contribution is -2.22. The largest absolute Gasteiger partial charge is 0.491 e. The minimum absolute atomic E-state index is 0.0927. The van der Waals surface area contributed by atoms with Crippen LogP contribution in [0.2, 0.25) is 0 Å². The van der Waals surface area contributed by atoms with E-state index in [0.29, 0.717) is 6.61 Å². The van der Waals surface area contributed by atoms with Crippen molar-refractivity contribution in [2.24, 2.45) is 0 Å². The summed E-state index contributed by atoms with van der Waals surface area (Å²) in [7, 11) is -2.31. The van der Waals surface area contributed by atoms with Crippen LogP contribution in [0.3, 0.4) is 0 Å². The van der Waals surface area contributed by atoms with E-state index in [0.717, 1.165) is 12.9 Å². The second-order valence-corrected chi connectivity index (χ2v) is 5.59. The molecule has 5 nitrogen and oxygen atoms in total. The van der Waals surface area contributed by atoms with Crippen LogP contribution < -0.4 is 4.74 Å². The van der Waals surface area contributed by atoms with Gasteiger partial charge in [-0.3, -0.25) is 4.18 Å². The first kappa shape index (κ1) is 14.9. The molecule has 0 radical (unpaired) electrons. The maximum Gasteiger partial charge on any atom is 0.269 e. The predicted octanol–water partition coefficient (Wildman–Crippen LogP) is 1.45. The summed E-state index contributed by atoms with van der Waals surface area (Å²) in [5.41, 5.74) is 0. The van der Waals surface area contributed by atoms with E-state index in [-0.39, 0.29) is 18.5 Å². The van der Waals surface area contributed by atoms with Crippen LogP contribution in [0.15, 0.2) is 30.3 Å². The highest BCUT2D eigenvalue weighted by Gasteiger charge is 2.10. The summed E-state index contributed by atoms with van der Waals surface area (Å²) >= 11 is 0. The Morgan fingerprint density at radius 2 is 1.89 bits per heavy atom. The van der Waals surface area contributed by atoms with Crippen molar-refractivity contribution in [2.45, 2.75) is 13.0 Å². The Morgan fingerprint density at radius 3 is 2.50 bits per heavy atom. The third kappa shape index (κ3) is 6.00. The highest BCUT2D eigenvalue weighted by atomic mass is 32.2. The lowest BCUT2D eigenvalue weighted by atomic mass is 10.3. The molecule has 0 aliphatic heterocycles. The Balaban J connectivity index is 2.20. The van der Waals surface area contributed by atoms with Crippen LogP contribution in [-0.2, 0) is 19.0 Å². The Morgan fingerprint density at radius 1 is 1.22 bits per heavy atom. The molecule has 6 heteroatoms. The monoisotopic (exact) mass is 274 g/mol. The average Bonchev–Trinajstić information content (AvgIpc) is 2.37. The highest BCUT2D eigenvalue weighted by Crippen LogP contribution is 2.09.